The van der Waals surface area contributed by atoms with Crippen molar-refractivity contribution in [1.29, 1.82) is 0 Å². The highest BCUT2D eigenvalue weighted by molar-refractivity contribution is 7.17. The van der Waals surface area contributed by atoms with Gasteiger partial charge >= 0.3 is 6.03 Å². The number of rotatable bonds is 15. The van der Waals surface area contributed by atoms with Crippen LogP contribution in [0.15, 0.2) is 48.7 Å². The molecule has 0 bridgehead atoms. The summed E-state index contributed by atoms with van der Waals surface area (Å²) < 4.78 is 11.4. The molecule has 0 spiro atoms. The van der Waals surface area contributed by atoms with Gasteiger partial charge in [-0.2, -0.15) is 0 Å². The first-order chi connectivity index (χ1) is 21.9. The number of amides is 4. The maximum absolute atomic E-state index is 12.9. The first-order valence-corrected chi connectivity index (χ1v) is 16.5. The second-order valence-corrected chi connectivity index (χ2v) is 12.0. The number of urea groups is 1. The van der Waals surface area contributed by atoms with Gasteiger partial charge < -0.3 is 29.9 Å². The number of benzene rings is 2. The van der Waals surface area contributed by atoms with Crippen LogP contribution in [0.3, 0.4) is 0 Å². The largest absolute Gasteiger partial charge is 0.493 e. The highest BCUT2D eigenvalue weighted by Crippen LogP contribution is 2.37. The summed E-state index contributed by atoms with van der Waals surface area (Å²) in [6.45, 7) is 8.19. The van der Waals surface area contributed by atoms with E-state index in [0.717, 1.165) is 51.0 Å². The van der Waals surface area contributed by atoms with Gasteiger partial charge in [0, 0.05) is 43.0 Å². The lowest BCUT2D eigenvalue weighted by atomic mass is 10.1. The zero-order valence-electron chi connectivity index (χ0n) is 26.4. The molecule has 12 heteroatoms. The van der Waals surface area contributed by atoms with Crippen LogP contribution in [-0.4, -0.2) is 67.6 Å². The number of hydrogen-bond donors (Lipinski definition) is 3. The summed E-state index contributed by atoms with van der Waals surface area (Å²) in [5.74, 6) is 0.535. The molecule has 2 heterocycles. The van der Waals surface area contributed by atoms with E-state index in [-0.39, 0.29) is 17.8 Å². The molecule has 0 radical (unpaired) electrons. The molecule has 2 aromatic carbocycles. The highest BCUT2D eigenvalue weighted by Gasteiger charge is 2.16. The number of aromatic nitrogens is 1. The zero-order chi connectivity index (χ0) is 32.0. The van der Waals surface area contributed by atoms with Crippen molar-refractivity contribution >= 4 is 45.7 Å². The number of carbonyl (C=O) groups excluding carboxylic acids is 3. The van der Waals surface area contributed by atoms with Gasteiger partial charge in [0.05, 0.1) is 13.3 Å². The van der Waals surface area contributed by atoms with Crippen molar-refractivity contribution in [1.82, 2.24) is 15.2 Å². The predicted octanol–water partition coefficient (Wildman–Crippen LogP) is 6.74. The van der Waals surface area contributed by atoms with E-state index in [2.05, 4.69) is 32.8 Å². The standard InChI is InChI=1S/C33H44N6O5S/c1-4-5-7-17-34-32(42)36-26-13-16-28(29(22-26)43-3)44-30-23-35-33(45-30)37-31(41)25-11-14-27(15-12-25)39(24(2)40)21-10-20-38-18-8-6-9-19-38/h11-16,22-23H,4-10,17-21H2,1-3H3,(H2,34,36,42)(H,35,37,41). The fourth-order valence-corrected chi connectivity index (χ4v) is 5.80. The molecule has 3 N–H and O–H groups in total. The van der Waals surface area contributed by atoms with Gasteiger partial charge in [-0.25, -0.2) is 9.78 Å². The molecule has 1 aromatic heterocycles. The SMILES string of the molecule is CCCCCNC(=O)Nc1ccc(Oc2cnc(NC(=O)c3ccc(N(CCCN4CCCCC4)C(C)=O)cc3)s2)c(OC)c1. The van der Waals surface area contributed by atoms with Crippen molar-refractivity contribution < 1.29 is 23.9 Å². The topological polar surface area (TPSA) is 125 Å². The van der Waals surface area contributed by atoms with E-state index in [1.807, 2.05) is 0 Å². The molecule has 4 amide bonds. The first kappa shape index (κ1) is 33.7. The van der Waals surface area contributed by atoms with Gasteiger partial charge in [0.2, 0.25) is 11.0 Å². The monoisotopic (exact) mass is 636 g/mol. The Bertz CT molecular complexity index is 1410. The molecule has 0 unspecified atom stereocenters. The van der Waals surface area contributed by atoms with Crippen LogP contribution in [0.5, 0.6) is 16.6 Å². The van der Waals surface area contributed by atoms with Crippen LogP contribution < -0.4 is 30.3 Å². The predicted molar refractivity (Wildman–Crippen MR) is 179 cm³/mol. The Kier molecular flexibility index (Phi) is 13.0. The molecule has 1 aliphatic rings. The number of nitrogens with one attached hydrogen (secondary N) is 3. The summed E-state index contributed by atoms with van der Waals surface area (Å²) in [5.41, 5.74) is 1.79. The number of piperidine rings is 1. The molecule has 45 heavy (non-hydrogen) atoms. The second-order valence-electron chi connectivity index (χ2n) is 11.0. The lowest BCUT2D eigenvalue weighted by molar-refractivity contribution is -0.116. The van der Waals surface area contributed by atoms with Crippen LogP contribution in [0, 0.1) is 0 Å². The minimum absolute atomic E-state index is 0.0213. The number of unbranched alkanes of at least 4 members (excludes halogenated alkanes) is 2. The van der Waals surface area contributed by atoms with Crippen LogP contribution in [0.4, 0.5) is 21.3 Å². The van der Waals surface area contributed by atoms with Gasteiger partial charge in [0.15, 0.2) is 16.6 Å². The van der Waals surface area contributed by atoms with Gasteiger partial charge in [-0.15, -0.1) is 0 Å². The van der Waals surface area contributed by atoms with Crippen molar-refractivity contribution in [2.45, 2.75) is 58.8 Å². The number of thiazole rings is 1. The fraction of sp³-hybridized carbons (Fsp3) is 0.455. The van der Waals surface area contributed by atoms with Crippen LogP contribution in [0.2, 0.25) is 0 Å². The van der Waals surface area contributed by atoms with E-state index in [1.165, 1.54) is 43.9 Å². The normalized spacial score (nSPS) is 13.1. The Labute approximate surface area is 269 Å². The van der Waals surface area contributed by atoms with Crippen LogP contribution in [0.25, 0.3) is 0 Å². The van der Waals surface area contributed by atoms with Gasteiger partial charge in [-0.1, -0.05) is 37.5 Å². The molecule has 4 rings (SSSR count). The lowest BCUT2D eigenvalue weighted by Crippen LogP contribution is -2.35. The zero-order valence-corrected chi connectivity index (χ0v) is 27.2. The minimum atomic E-state index is -0.317. The minimum Gasteiger partial charge on any atom is -0.493 e. The van der Waals surface area contributed by atoms with Crippen molar-refractivity contribution in [2.24, 2.45) is 0 Å². The van der Waals surface area contributed by atoms with E-state index in [0.29, 0.717) is 46.0 Å². The summed E-state index contributed by atoms with van der Waals surface area (Å²) in [6.07, 6.45) is 9.31. The van der Waals surface area contributed by atoms with E-state index >= 15 is 0 Å². The average Bonchev–Trinajstić information content (AvgIpc) is 3.49. The van der Waals surface area contributed by atoms with E-state index in [9.17, 15) is 14.4 Å². The number of likely N-dealkylation sites (tertiary alicyclic amines) is 1. The third-order valence-corrected chi connectivity index (χ3v) is 8.32. The Morgan fingerprint density at radius 2 is 1.76 bits per heavy atom. The maximum Gasteiger partial charge on any atom is 0.319 e. The summed E-state index contributed by atoms with van der Waals surface area (Å²) >= 11 is 1.17. The molecule has 1 saturated heterocycles. The average molecular weight is 637 g/mol. The van der Waals surface area contributed by atoms with Crippen molar-refractivity contribution in [3.05, 3.63) is 54.2 Å². The van der Waals surface area contributed by atoms with Crippen molar-refractivity contribution in [3.8, 4) is 16.6 Å². The molecule has 3 aromatic rings. The first-order valence-electron chi connectivity index (χ1n) is 15.6. The summed E-state index contributed by atoms with van der Waals surface area (Å²) in [5, 5.41) is 9.27. The maximum atomic E-state index is 12.9. The van der Waals surface area contributed by atoms with Gasteiger partial charge in [-0.3, -0.25) is 14.9 Å². The smallest absolute Gasteiger partial charge is 0.319 e. The lowest BCUT2D eigenvalue weighted by Gasteiger charge is -2.28. The Hall–Kier alpha value is -4.16. The van der Waals surface area contributed by atoms with Crippen LogP contribution in [0.1, 0.15) is 69.2 Å². The Morgan fingerprint density at radius 1 is 0.978 bits per heavy atom. The third kappa shape index (κ3) is 10.5. The molecular weight excluding hydrogens is 592 g/mol. The molecule has 0 saturated carbocycles. The Morgan fingerprint density at radius 3 is 2.47 bits per heavy atom. The van der Waals surface area contributed by atoms with Crippen molar-refractivity contribution in [2.75, 3.05) is 55.4 Å². The van der Waals surface area contributed by atoms with Gasteiger partial charge in [0.25, 0.3) is 5.91 Å². The van der Waals surface area contributed by atoms with Crippen LogP contribution in [-0.2, 0) is 4.79 Å². The number of ether oxygens (including phenoxy) is 2. The van der Waals surface area contributed by atoms with E-state index in [4.69, 9.17) is 9.47 Å². The van der Waals surface area contributed by atoms with Gasteiger partial charge in [-0.05, 0) is 81.7 Å². The third-order valence-electron chi connectivity index (χ3n) is 7.53. The number of methoxy groups -OCH3 is 1. The molecule has 242 valence electrons. The second kappa shape index (κ2) is 17.4. The van der Waals surface area contributed by atoms with Gasteiger partial charge in [0.1, 0.15) is 0 Å². The summed E-state index contributed by atoms with van der Waals surface area (Å²) in [6, 6.07) is 11.8. The van der Waals surface area contributed by atoms with Crippen molar-refractivity contribution in [3.63, 3.8) is 0 Å². The molecule has 1 aliphatic heterocycles. The summed E-state index contributed by atoms with van der Waals surface area (Å²) in [4.78, 5) is 45.9. The Balaban J connectivity index is 1.29. The number of nitrogens with zero attached hydrogens (tertiary/aromatic N) is 3. The highest BCUT2D eigenvalue weighted by atomic mass is 32.1. The van der Waals surface area contributed by atoms with E-state index < -0.39 is 0 Å². The molecule has 0 aliphatic carbocycles. The quantitative estimate of drug-likeness (QED) is 0.158. The number of anilines is 3. The molecular formula is C33H44N6O5S. The van der Waals surface area contributed by atoms with Crippen LogP contribution >= 0.6 is 11.3 Å². The molecule has 1 fully saturated rings. The summed E-state index contributed by atoms with van der Waals surface area (Å²) in [7, 11) is 1.52. The van der Waals surface area contributed by atoms with E-state index in [1.54, 1.807) is 54.3 Å². The number of hydrogen-bond acceptors (Lipinski definition) is 8. The fourth-order valence-electron chi connectivity index (χ4n) is 5.12. The number of carbonyl (C=O) groups is 3. The molecule has 0 atom stereocenters. The molecule has 11 nitrogen and oxygen atoms in total.